The van der Waals surface area contributed by atoms with E-state index in [0.717, 1.165) is 5.56 Å². The van der Waals surface area contributed by atoms with Gasteiger partial charge in [-0.05, 0) is 41.8 Å². The minimum absolute atomic E-state index is 0.0502. The van der Waals surface area contributed by atoms with Crippen molar-refractivity contribution in [1.29, 1.82) is 0 Å². The summed E-state index contributed by atoms with van der Waals surface area (Å²) in [5.41, 5.74) is 1.68. The van der Waals surface area contributed by atoms with Crippen LogP contribution in [0.1, 0.15) is 24.0 Å². The molecule has 1 aliphatic heterocycles. The molecule has 0 saturated carbocycles. The lowest BCUT2D eigenvalue weighted by Gasteiger charge is -2.23. The fourth-order valence-corrected chi connectivity index (χ4v) is 3.55. The molecule has 0 aliphatic carbocycles. The SMILES string of the molecule is O=C(CCc1ccc(Cl)cc1)[C@@H]1C[C@@H](O)CN1C(=O)Cc1cccc(O)c1. The molecule has 0 aromatic heterocycles. The van der Waals surface area contributed by atoms with Crippen LogP contribution in [0.4, 0.5) is 0 Å². The molecule has 1 fully saturated rings. The molecular formula is C21H22ClNO4. The normalized spacial score (nSPS) is 19.3. The van der Waals surface area contributed by atoms with Crippen molar-refractivity contribution in [2.45, 2.75) is 37.8 Å². The van der Waals surface area contributed by atoms with Gasteiger partial charge in [-0.15, -0.1) is 0 Å². The number of likely N-dealkylation sites (tertiary alicyclic amines) is 1. The summed E-state index contributed by atoms with van der Waals surface area (Å²) in [6, 6.07) is 13.2. The number of halogens is 1. The number of aliphatic hydroxyl groups excluding tert-OH is 1. The van der Waals surface area contributed by atoms with Crippen molar-refractivity contribution in [1.82, 2.24) is 4.90 Å². The lowest BCUT2D eigenvalue weighted by atomic mass is 10.0. The van der Waals surface area contributed by atoms with Gasteiger partial charge < -0.3 is 15.1 Å². The molecule has 27 heavy (non-hydrogen) atoms. The zero-order valence-electron chi connectivity index (χ0n) is 14.8. The Morgan fingerprint density at radius 3 is 2.56 bits per heavy atom. The lowest BCUT2D eigenvalue weighted by molar-refractivity contribution is -0.137. The highest BCUT2D eigenvalue weighted by molar-refractivity contribution is 6.30. The van der Waals surface area contributed by atoms with Crippen LogP contribution >= 0.6 is 11.6 Å². The third-order valence-electron chi connectivity index (χ3n) is 4.81. The van der Waals surface area contributed by atoms with E-state index in [2.05, 4.69) is 0 Å². The second-order valence-corrected chi connectivity index (χ2v) is 7.33. The summed E-state index contributed by atoms with van der Waals surface area (Å²) < 4.78 is 0. The number of amides is 1. The number of carbonyl (C=O) groups is 2. The number of phenols is 1. The van der Waals surface area contributed by atoms with Crippen molar-refractivity contribution in [2.24, 2.45) is 0 Å². The third kappa shape index (κ3) is 5.08. The number of carbonyl (C=O) groups excluding carboxylic acids is 2. The van der Waals surface area contributed by atoms with Gasteiger partial charge in [0.25, 0.3) is 0 Å². The zero-order chi connectivity index (χ0) is 19.4. The van der Waals surface area contributed by atoms with Crippen LogP contribution in [0.15, 0.2) is 48.5 Å². The molecule has 0 spiro atoms. The van der Waals surface area contributed by atoms with Gasteiger partial charge in [0, 0.05) is 24.4 Å². The topological polar surface area (TPSA) is 77.8 Å². The summed E-state index contributed by atoms with van der Waals surface area (Å²) in [7, 11) is 0. The van der Waals surface area contributed by atoms with Crippen molar-refractivity contribution in [3.05, 3.63) is 64.7 Å². The summed E-state index contributed by atoms with van der Waals surface area (Å²) >= 11 is 5.87. The Bertz CT molecular complexity index is 821. The molecule has 3 rings (SSSR count). The smallest absolute Gasteiger partial charge is 0.227 e. The average molecular weight is 388 g/mol. The largest absolute Gasteiger partial charge is 0.508 e. The number of aryl methyl sites for hydroxylation is 1. The van der Waals surface area contributed by atoms with Crippen LogP contribution in [0.5, 0.6) is 5.75 Å². The number of benzene rings is 2. The van der Waals surface area contributed by atoms with E-state index >= 15 is 0 Å². The van der Waals surface area contributed by atoms with Gasteiger partial charge in [0.1, 0.15) is 5.75 Å². The number of aromatic hydroxyl groups is 1. The monoisotopic (exact) mass is 387 g/mol. The molecule has 2 N–H and O–H groups in total. The fraction of sp³-hybridized carbons (Fsp3) is 0.333. The number of Topliss-reactive ketones (excluding diaryl/α,β-unsaturated/α-hetero) is 1. The summed E-state index contributed by atoms with van der Waals surface area (Å²) in [6.45, 7) is 0.162. The highest BCUT2D eigenvalue weighted by atomic mass is 35.5. The first kappa shape index (κ1) is 19.4. The van der Waals surface area contributed by atoms with E-state index in [1.54, 1.807) is 24.3 Å². The summed E-state index contributed by atoms with van der Waals surface area (Å²) in [5.74, 6) is -0.176. The molecular weight excluding hydrogens is 366 g/mol. The van der Waals surface area contributed by atoms with Crippen molar-refractivity contribution >= 4 is 23.3 Å². The number of hydrogen-bond acceptors (Lipinski definition) is 4. The maximum absolute atomic E-state index is 12.7. The molecule has 1 saturated heterocycles. The van der Waals surface area contributed by atoms with Gasteiger partial charge in [0.15, 0.2) is 5.78 Å². The Balaban J connectivity index is 1.63. The van der Waals surface area contributed by atoms with E-state index in [0.29, 0.717) is 23.4 Å². The molecule has 142 valence electrons. The summed E-state index contributed by atoms with van der Waals surface area (Å²) in [5, 5.41) is 20.2. The minimum Gasteiger partial charge on any atom is -0.508 e. The summed E-state index contributed by atoms with van der Waals surface area (Å²) in [4.78, 5) is 26.8. The Morgan fingerprint density at radius 1 is 1.11 bits per heavy atom. The van der Waals surface area contributed by atoms with Gasteiger partial charge in [-0.1, -0.05) is 35.9 Å². The molecule has 1 aliphatic rings. The van der Waals surface area contributed by atoms with E-state index in [1.807, 2.05) is 12.1 Å². The molecule has 0 radical (unpaired) electrons. The number of aliphatic hydroxyl groups is 1. The number of nitrogens with zero attached hydrogens (tertiary/aromatic N) is 1. The summed E-state index contributed by atoms with van der Waals surface area (Å²) in [6.07, 6.45) is 0.530. The van der Waals surface area contributed by atoms with Crippen molar-refractivity contribution in [3.63, 3.8) is 0 Å². The maximum atomic E-state index is 12.7. The quantitative estimate of drug-likeness (QED) is 0.799. The molecule has 2 aromatic rings. The Kier molecular flexibility index (Phi) is 6.14. The van der Waals surface area contributed by atoms with Crippen LogP contribution in [0.25, 0.3) is 0 Å². The van der Waals surface area contributed by atoms with Crippen molar-refractivity contribution in [3.8, 4) is 5.75 Å². The van der Waals surface area contributed by atoms with E-state index in [-0.39, 0.29) is 36.8 Å². The first-order valence-corrected chi connectivity index (χ1v) is 9.33. The Morgan fingerprint density at radius 2 is 1.85 bits per heavy atom. The van der Waals surface area contributed by atoms with Crippen LogP contribution < -0.4 is 0 Å². The zero-order valence-corrected chi connectivity index (χ0v) is 15.6. The predicted molar refractivity (Wildman–Crippen MR) is 103 cm³/mol. The van der Waals surface area contributed by atoms with Gasteiger partial charge in [0.2, 0.25) is 5.91 Å². The molecule has 1 amide bonds. The van der Waals surface area contributed by atoms with Crippen molar-refractivity contribution in [2.75, 3.05) is 6.54 Å². The van der Waals surface area contributed by atoms with E-state index in [4.69, 9.17) is 11.6 Å². The average Bonchev–Trinajstić information content (AvgIpc) is 3.03. The van der Waals surface area contributed by atoms with Crippen LogP contribution in [0.2, 0.25) is 5.02 Å². The lowest BCUT2D eigenvalue weighted by Crippen LogP contribution is -2.41. The van der Waals surface area contributed by atoms with Crippen LogP contribution in [-0.4, -0.2) is 45.5 Å². The minimum atomic E-state index is -0.692. The Hall–Kier alpha value is -2.37. The maximum Gasteiger partial charge on any atom is 0.227 e. The predicted octanol–water partition coefficient (Wildman–Crippen LogP) is 2.75. The van der Waals surface area contributed by atoms with Gasteiger partial charge in [-0.25, -0.2) is 0 Å². The first-order chi connectivity index (χ1) is 12.9. The highest BCUT2D eigenvalue weighted by Gasteiger charge is 2.38. The molecule has 2 atom stereocenters. The molecule has 0 unspecified atom stereocenters. The van der Waals surface area contributed by atoms with Crippen molar-refractivity contribution < 1.29 is 19.8 Å². The second-order valence-electron chi connectivity index (χ2n) is 6.89. The molecule has 0 bridgehead atoms. The van der Waals surface area contributed by atoms with E-state index in [9.17, 15) is 19.8 Å². The number of rotatable bonds is 6. The van der Waals surface area contributed by atoms with Crippen LogP contribution in [-0.2, 0) is 22.4 Å². The standard InChI is InChI=1S/C21H22ClNO4/c22-16-7-4-14(5-8-16)6-9-20(26)19-12-18(25)13-23(19)21(27)11-15-2-1-3-17(24)10-15/h1-5,7-8,10,18-19,24-25H,6,9,11-13H2/t18-,19+/m1/s1. The number of hydrogen-bond donors (Lipinski definition) is 2. The van der Waals surface area contributed by atoms with Gasteiger partial charge >= 0.3 is 0 Å². The fourth-order valence-electron chi connectivity index (χ4n) is 3.42. The van der Waals surface area contributed by atoms with E-state index < -0.39 is 12.1 Å². The molecule has 5 nitrogen and oxygen atoms in total. The van der Waals surface area contributed by atoms with Crippen LogP contribution in [0, 0.1) is 0 Å². The molecule has 6 heteroatoms. The van der Waals surface area contributed by atoms with Crippen LogP contribution in [0.3, 0.4) is 0 Å². The molecule has 1 heterocycles. The Labute approximate surface area is 163 Å². The third-order valence-corrected chi connectivity index (χ3v) is 5.06. The van der Waals surface area contributed by atoms with Gasteiger partial charge in [-0.2, -0.15) is 0 Å². The number of β-amino-alcohol motifs (C(OH)–C–C–N with tert-alkyl or cyclic N) is 1. The van der Waals surface area contributed by atoms with Gasteiger partial charge in [0.05, 0.1) is 18.6 Å². The number of phenolic OH excluding ortho intramolecular Hbond substituents is 1. The van der Waals surface area contributed by atoms with E-state index in [1.165, 1.54) is 17.0 Å². The second kappa shape index (κ2) is 8.55. The van der Waals surface area contributed by atoms with Gasteiger partial charge in [-0.3, -0.25) is 9.59 Å². The molecule has 2 aromatic carbocycles. The highest BCUT2D eigenvalue weighted by Crippen LogP contribution is 2.23. The number of ketones is 1. The first-order valence-electron chi connectivity index (χ1n) is 8.95.